The number of hydrogen-bond acceptors (Lipinski definition) is 4. The normalized spacial score (nSPS) is 11.3. The SMILES string of the molecule is Cc1nn2c(ncc3c(=O)n(-c4ccccn4)ccc32)c1-c1ccccc1. The van der Waals surface area contributed by atoms with Crippen molar-refractivity contribution in [3.63, 3.8) is 0 Å². The Hall–Kier alpha value is -3.80. The Balaban J connectivity index is 1.80. The summed E-state index contributed by atoms with van der Waals surface area (Å²) in [7, 11) is 0. The molecule has 130 valence electrons. The predicted molar refractivity (Wildman–Crippen MR) is 104 cm³/mol. The summed E-state index contributed by atoms with van der Waals surface area (Å²) in [6.45, 7) is 1.96. The van der Waals surface area contributed by atoms with Crippen LogP contribution in [0.15, 0.2) is 78.0 Å². The number of pyridine rings is 2. The lowest BCUT2D eigenvalue weighted by Crippen LogP contribution is -2.19. The quantitative estimate of drug-likeness (QED) is 0.488. The highest BCUT2D eigenvalue weighted by Gasteiger charge is 2.16. The zero-order valence-corrected chi connectivity index (χ0v) is 14.6. The van der Waals surface area contributed by atoms with Gasteiger partial charge in [-0.25, -0.2) is 14.5 Å². The van der Waals surface area contributed by atoms with Gasteiger partial charge in [-0.05, 0) is 30.7 Å². The van der Waals surface area contributed by atoms with Crippen LogP contribution in [0.2, 0.25) is 0 Å². The maximum Gasteiger partial charge on any atom is 0.267 e. The molecular formula is C21H15N5O. The average Bonchev–Trinajstić information content (AvgIpc) is 3.06. The summed E-state index contributed by atoms with van der Waals surface area (Å²) in [5.41, 5.74) is 4.19. The fraction of sp³-hybridized carbons (Fsp3) is 0.0476. The highest BCUT2D eigenvalue weighted by molar-refractivity contribution is 5.86. The molecule has 6 heteroatoms. The fourth-order valence-corrected chi connectivity index (χ4v) is 3.40. The van der Waals surface area contributed by atoms with Crippen LogP contribution < -0.4 is 5.56 Å². The first-order chi connectivity index (χ1) is 13.2. The number of fused-ring (bicyclic) bond motifs is 3. The number of rotatable bonds is 2. The molecule has 0 N–H and O–H groups in total. The van der Waals surface area contributed by atoms with Crippen LogP contribution in [0.1, 0.15) is 5.69 Å². The van der Waals surface area contributed by atoms with Gasteiger partial charge in [-0.3, -0.25) is 9.36 Å². The van der Waals surface area contributed by atoms with E-state index in [9.17, 15) is 4.79 Å². The molecule has 1 aromatic carbocycles. The molecule has 27 heavy (non-hydrogen) atoms. The van der Waals surface area contributed by atoms with Crippen molar-refractivity contribution in [2.45, 2.75) is 6.92 Å². The summed E-state index contributed by atoms with van der Waals surface area (Å²) in [6, 6.07) is 17.4. The molecule has 5 aromatic rings. The maximum absolute atomic E-state index is 13.0. The van der Waals surface area contributed by atoms with Gasteiger partial charge in [-0.2, -0.15) is 5.10 Å². The van der Waals surface area contributed by atoms with Crippen molar-refractivity contribution in [2.24, 2.45) is 0 Å². The second-order valence-electron chi connectivity index (χ2n) is 6.30. The molecule has 0 amide bonds. The monoisotopic (exact) mass is 353 g/mol. The topological polar surface area (TPSA) is 65.1 Å². The van der Waals surface area contributed by atoms with Crippen LogP contribution in [0.3, 0.4) is 0 Å². The van der Waals surface area contributed by atoms with Gasteiger partial charge in [0.25, 0.3) is 5.56 Å². The van der Waals surface area contributed by atoms with Gasteiger partial charge in [-0.15, -0.1) is 0 Å². The molecule has 0 saturated heterocycles. The molecule has 0 unspecified atom stereocenters. The number of benzene rings is 1. The first-order valence-electron chi connectivity index (χ1n) is 8.60. The Labute approximate surface area is 154 Å². The number of nitrogens with zero attached hydrogens (tertiary/aromatic N) is 5. The Bertz CT molecular complexity index is 1340. The fourth-order valence-electron chi connectivity index (χ4n) is 3.40. The summed E-state index contributed by atoms with van der Waals surface area (Å²) >= 11 is 0. The van der Waals surface area contributed by atoms with Crippen molar-refractivity contribution in [1.29, 1.82) is 0 Å². The summed E-state index contributed by atoms with van der Waals surface area (Å²) in [6.07, 6.45) is 5.02. The van der Waals surface area contributed by atoms with Gasteiger partial charge in [0.2, 0.25) is 0 Å². The van der Waals surface area contributed by atoms with E-state index < -0.39 is 0 Å². The first kappa shape index (κ1) is 15.5. The molecule has 0 fully saturated rings. The van der Waals surface area contributed by atoms with Gasteiger partial charge in [0, 0.05) is 24.2 Å². The van der Waals surface area contributed by atoms with Gasteiger partial charge in [0.05, 0.1) is 16.6 Å². The van der Waals surface area contributed by atoms with E-state index in [2.05, 4.69) is 15.1 Å². The van der Waals surface area contributed by atoms with Crippen LogP contribution in [-0.2, 0) is 0 Å². The first-order valence-corrected chi connectivity index (χ1v) is 8.60. The van der Waals surface area contributed by atoms with Crippen LogP contribution in [-0.4, -0.2) is 24.1 Å². The molecule has 0 aliphatic carbocycles. The smallest absolute Gasteiger partial charge is 0.267 e. The lowest BCUT2D eigenvalue weighted by atomic mass is 10.1. The minimum atomic E-state index is -0.171. The van der Waals surface area contributed by atoms with E-state index in [1.807, 2.05) is 55.5 Å². The van der Waals surface area contributed by atoms with E-state index in [0.29, 0.717) is 11.2 Å². The molecule has 0 saturated carbocycles. The van der Waals surface area contributed by atoms with E-state index >= 15 is 0 Å². The minimum absolute atomic E-state index is 0.171. The maximum atomic E-state index is 13.0. The third-order valence-electron chi connectivity index (χ3n) is 4.65. The van der Waals surface area contributed by atoms with E-state index in [1.54, 1.807) is 29.2 Å². The summed E-state index contributed by atoms with van der Waals surface area (Å²) < 4.78 is 3.27. The molecule has 0 atom stereocenters. The van der Waals surface area contributed by atoms with Gasteiger partial charge >= 0.3 is 0 Å². The highest BCUT2D eigenvalue weighted by atomic mass is 16.1. The third-order valence-corrected chi connectivity index (χ3v) is 4.65. The molecule has 0 aliphatic heterocycles. The van der Waals surface area contributed by atoms with Crippen LogP contribution in [0, 0.1) is 6.92 Å². The molecular weight excluding hydrogens is 338 g/mol. The van der Waals surface area contributed by atoms with E-state index in [0.717, 1.165) is 28.0 Å². The average molecular weight is 353 g/mol. The molecule has 5 rings (SSSR count). The molecule has 0 spiro atoms. The van der Waals surface area contributed by atoms with Gasteiger partial charge in [0.1, 0.15) is 5.82 Å². The van der Waals surface area contributed by atoms with Gasteiger partial charge < -0.3 is 0 Å². The number of hydrogen-bond donors (Lipinski definition) is 0. The third kappa shape index (κ3) is 2.34. The number of aromatic nitrogens is 5. The zero-order valence-electron chi connectivity index (χ0n) is 14.6. The van der Waals surface area contributed by atoms with E-state index in [-0.39, 0.29) is 5.56 Å². The summed E-state index contributed by atoms with van der Waals surface area (Å²) in [5, 5.41) is 5.15. The second-order valence-corrected chi connectivity index (χ2v) is 6.30. The lowest BCUT2D eigenvalue weighted by Gasteiger charge is -2.07. The Morgan fingerprint density at radius 2 is 1.74 bits per heavy atom. The summed E-state index contributed by atoms with van der Waals surface area (Å²) in [4.78, 5) is 21.8. The largest absolute Gasteiger partial charge is 0.268 e. The minimum Gasteiger partial charge on any atom is -0.268 e. The van der Waals surface area contributed by atoms with E-state index in [1.165, 1.54) is 4.57 Å². The molecule has 4 heterocycles. The van der Waals surface area contributed by atoms with Crippen LogP contribution in [0.25, 0.3) is 33.5 Å². The van der Waals surface area contributed by atoms with Crippen molar-refractivity contribution < 1.29 is 0 Å². The standard InChI is InChI=1S/C21H15N5O/c1-14-19(15-7-3-2-4-8-15)20-23-13-16-17(26(20)24-14)10-12-25(21(16)27)18-9-5-6-11-22-18/h2-13H,1H3. The van der Waals surface area contributed by atoms with Crippen molar-refractivity contribution in [1.82, 2.24) is 24.1 Å². The molecule has 6 nitrogen and oxygen atoms in total. The predicted octanol–water partition coefficient (Wildman–Crippen LogP) is 3.40. The van der Waals surface area contributed by atoms with Crippen molar-refractivity contribution in [3.8, 4) is 16.9 Å². The Morgan fingerprint density at radius 3 is 2.52 bits per heavy atom. The number of aryl methyl sites for hydroxylation is 1. The molecule has 0 aliphatic rings. The Kier molecular flexibility index (Phi) is 3.36. The molecule has 0 bridgehead atoms. The lowest BCUT2D eigenvalue weighted by molar-refractivity contribution is 0.925. The van der Waals surface area contributed by atoms with Crippen molar-refractivity contribution in [3.05, 3.63) is 89.2 Å². The Morgan fingerprint density at radius 1 is 0.926 bits per heavy atom. The van der Waals surface area contributed by atoms with Crippen molar-refractivity contribution >= 4 is 16.6 Å². The summed E-state index contributed by atoms with van der Waals surface area (Å²) in [5.74, 6) is 0.575. The van der Waals surface area contributed by atoms with Gasteiger partial charge in [-0.1, -0.05) is 36.4 Å². The van der Waals surface area contributed by atoms with Gasteiger partial charge in [0.15, 0.2) is 5.65 Å². The van der Waals surface area contributed by atoms with Crippen LogP contribution in [0.4, 0.5) is 0 Å². The zero-order chi connectivity index (χ0) is 18.4. The molecule has 4 aromatic heterocycles. The van der Waals surface area contributed by atoms with E-state index in [4.69, 9.17) is 0 Å². The molecule has 0 radical (unpaired) electrons. The van der Waals surface area contributed by atoms with Crippen LogP contribution in [0.5, 0.6) is 0 Å². The second kappa shape index (κ2) is 5.88. The highest BCUT2D eigenvalue weighted by Crippen LogP contribution is 2.28. The van der Waals surface area contributed by atoms with Crippen molar-refractivity contribution in [2.75, 3.05) is 0 Å². The van der Waals surface area contributed by atoms with Crippen LogP contribution >= 0.6 is 0 Å².